The molecule has 0 saturated heterocycles. The summed E-state index contributed by atoms with van der Waals surface area (Å²) in [5.74, 6) is 0.187. The molecule has 0 unspecified atom stereocenters. The summed E-state index contributed by atoms with van der Waals surface area (Å²) >= 11 is 0. The van der Waals surface area contributed by atoms with Crippen molar-refractivity contribution in [3.05, 3.63) is 59.2 Å². The number of hydrogen-bond donors (Lipinski definition) is 1. The predicted molar refractivity (Wildman–Crippen MR) is 91.2 cm³/mol. The van der Waals surface area contributed by atoms with Crippen LogP contribution in [0.2, 0.25) is 0 Å². The van der Waals surface area contributed by atoms with Gasteiger partial charge in [0.15, 0.2) is 9.84 Å². The number of hydrogen-bond acceptors (Lipinski definition) is 4. The molecule has 4 rings (SSSR count). The van der Waals surface area contributed by atoms with Crippen LogP contribution in [-0.2, 0) is 29.3 Å². The van der Waals surface area contributed by atoms with Crippen molar-refractivity contribution in [3.8, 4) is 0 Å². The van der Waals surface area contributed by atoms with Crippen molar-refractivity contribution in [2.24, 2.45) is 0 Å². The van der Waals surface area contributed by atoms with Gasteiger partial charge >= 0.3 is 0 Å². The minimum atomic E-state index is -3.17. The summed E-state index contributed by atoms with van der Waals surface area (Å²) in [6.07, 6.45) is 1.07. The lowest BCUT2D eigenvalue weighted by molar-refractivity contribution is 0.274. The average molecular weight is 328 g/mol. The zero-order valence-electron chi connectivity index (χ0n) is 13.0. The lowest BCUT2D eigenvalue weighted by atomic mass is 10.1. The maximum atomic E-state index is 12.4. The first-order valence-electron chi connectivity index (χ1n) is 8.01. The molecule has 0 aliphatic carbocycles. The highest BCUT2D eigenvalue weighted by molar-refractivity contribution is 7.91. The fourth-order valence-corrected chi connectivity index (χ4v) is 5.07. The quantitative estimate of drug-likeness (QED) is 0.920. The van der Waals surface area contributed by atoms with E-state index in [1.165, 1.54) is 16.8 Å². The van der Waals surface area contributed by atoms with E-state index in [1.807, 2.05) is 12.1 Å². The number of benzene rings is 2. The Morgan fingerprint density at radius 1 is 1.04 bits per heavy atom. The number of anilines is 1. The van der Waals surface area contributed by atoms with E-state index in [0.717, 1.165) is 25.1 Å². The summed E-state index contributed by atoms with van der Waals surface area (Å²) in [5.41, 5.74) is 4.78. The molecule has 2 aromatic carbocycles. The Morgan fingerprint density at radius 3 is 2.78 bits per heavy atom. The highest BCUT2D eigenvalue weighted by atomic mass is 32.2. The van der Waals surface area contributed by atoms with E-state index in [1.54, 1.807) is 12.1 Å². The number of sulfone groups is 1. The molecule has 5 heteroatoms. The third kappa shape index (κ3) is 2.75. The van der Waals surface area contributed by atoms with Crippen molar-refractivity contribution in [2.75, 3.05) is 24.2 Å². The van der Waals surface area contributed by atoms with Crippen molar-refractivity contribution in [3.63, 3.8) is 0 Å². The maximum absolute atomic E-state index is 12.4. The normalized spacial score (nSPS) is 19.5. The first-order chi connectivity index (χ1) is 11.1. The number of rotatable bonds is 2. The Morgan fingerprint density at radius 2 is 1.87 bits per heavy atom. The Bertz CT molecular complexity index is 846. The molecular formula is C18H20N2O2S. The van der Waals surface area contributed by atoms with E-state index in [-0.39, 0.29) is 5.75 Å². The van der Waals surface area contributed by atoms with E-state index < -0.39 is 9.84 Å². The van der Waals surface area contributed by atoms with Crippen LogP contribution in [0.25, 0.3) is 0 Å². The second-order valence-electron chi connectivity index (χ2n) is 6.27. The molecule has 0 spiro atoms. The van der Waals surface area contributed by atoms with Crippen LogP contribution in [0.3, 0.4) is 0 Å². The van der Waals surface area contributed by atoms with Gasteiger partial charge in [-0.15, -0.1) is 0 Å². The summed E-state index contributed by atoms with van der Waals surface area (Å²) in [6, 6.07) is 13.8. The third-order valence-electron chi connectivity index (χ3n) is 4.70. The smallest absolute Gasteiger partial charge is 0.179 e. The van der Waals surface area contributed by atoms with Gasteiger partial charge in [-0.05, 0) is 29.2 Å². The second kappa shape index (κ2) is 5.65. The first kappa shape index (κ1) is 14.7. The van der Waals surface area contributed by atoms with Crippen LogP contribution in [0.4, 0.5) is 5.69 Å². The molecule has 0 bridgehead atoms. The van der Waals surface area contributed by atoms with Crippen LogP contribution < -0.4 is 5.32 Å². The van der Waals surface area contributed by atoms with Crippen molar-refractivity contribution < 1.29 is 8.42 Å². The summed E-state index contributed by atoms with van der Waals surface area (Å²) in [4.78, 5) is 2.73. The van der Waals surface area contributed by atoms with Gasteiger partial charge in [0, 0.05) is 31.9 Å². The molecule has 2 aromatic rings. The van der Waals surface area contributed by atoms with Crippen molar-refractivity contribution in [2.45, 2.75) is 24.4 Å². The van der Waals surface area contributed by atoms with Crippen LogP contribution in [0.1, 0.15) is 16.7 Å². The van der Waals surface area contributed by atoms with E-state index in [9.17, 15) is 8.42 Å². The molecular weight excluding hydrogens is 308 g/mol. The molecule has 0 amide bonds. The molecule has 1 N–H and O–H groups in total. The second-order valence-corrected chi connectivity index (χ2v) is 8.34. The average Bonchev–Trinajstić information content (AvgIpc) is 2.98. The van der Waals surface area contributed by atoms with Gasteiger partial charge in [-0.25, -0.2) is 8.42 Å². The Balaban J connectivity index is 1.64. The Hall–Kier alpha value is -1.85. The minimum Gasteiger partial charge on any atom is -0.384 e. The van der Waals surface area contributed by atoms with Crippen LogP contribution in [-0.4, -0.2) is 32.2 Å². The van der Waals surface area contributed by atoms with E-state index >= 15 is 0 Å². The summed E-state index contributed by atoms with van der Waals surface area (Å²) < 4.78 is 24.9. The Kier molecular flexibility index (Phi) is 3.62. The van der Waals surface area contributed by atoms with Gasteiger partial charge in [0.1, 0.15) is 0 Å². The molecule has 0 atom stereocenters. The van der Waals surface area contributed by atoms with Crippen LogP contribution in [0.15, 0.2) is 47.4 Å². The fourth-order valence-electron chi connectivity index (χ4n) is 3.54. The molecule has 4 nitrogen and oxygen atoms in total. The van der Waals surface area contributed by atoms with Gasteiger partial charge < -0.3 is 5.32 Å². The largest absolute Gasteiger partial charge is 0.384 e. The molecule has 2 heterocycles. The van der Waals surface area contributed by atoms with Gasteiger partial charge in [-0.3, -0.25) is 4.90 Å². The third-order valence-corrected chi connectivity index (χ3v) is 6.49. The molecule has 23 heavy (non-hydrogen) atoms. The molecule has 2 aliphatic heterocycles. The van der Waals surface area contributed by atoms with Gasteiger partial charge in [-0.2, -0.15) is 0 Å². The van der Waals surface area contributed by atoms with Crippen molar-refractivity contribution >= 4 is 15.5 Å². The maximum Gasteiger partial charge on any atom is 0.179 e. The molecule has 0 aromatic heterocycles. The van der Waals surface area contributed by atoms with Gasteiger partial charge in [0.25, 0.3) is 0 Å². The minimum absolute atomic E-state index is 0.187. The predicted octanol–water partition coefficient (Wildman–Crippen LogP) is 2.44. The number of para-hydroxylation sites is 1. The number of nitrogens with zero attached hydrogens (tertiary/aromatic N) is 1. The topological polar surface area (TPSA) is 49.4 Å². The zero-order chi connectivity index (χ0) is 15.9. The fraction of sp³-hybridized carbons (Fsp3) is 0.333. The van der Waals surface area contributed by atoms with Crippen LogP contribution >= 0.6 is 0 Å². The molecule has 2 aliphatic rings. The molecule has 0 radical (unpaired) electrons. The van der Waals surface area contributed by atoms with Crippen LogP contribution in [0.5, 0.6) is 0 Å². The van der Waals surface area contributed by atoms with Crippen molar-refractivity contribution in [1.82, 2.24) is 4.90 Å². The summed E-state index contributed by atoms with van der Waals surface area (Å²) in [5, 5.41) is 3.46. The summed E-state index contributed by atoms with van der Waals surface area (Å²) in [6.45, 7) is 3.02. The summed E-state index contributed by atoms with van der Waals surface area (Å²) in [7, 11) is -3.17. The Labute approximate surface area is 137 Å². The number of fused-ring (bicyclic) bond motifs is 2. The van der Waals surface area contributed by atoms with Gasteiger partial charge in [0.2, 0.25) is 0 Å². The molecule has 0 saturated carbocycles. The lowest BCUT2D eigenvalue weighted by Crippen LogP contribution is -2.26. The zero-order valence-corrected chi connectivity index (χ0v) is 13.8. The lowest BCUT2D eigenvalue weighted by Gasteiger charge is -2.21. The number of nitrogens with one attached hydrogen (secondary N) is 1. The SMILES string of the molecule is O=S1(=O)CCN(Cc2cccc3c2NCC3)Cc2ccccc21. The van der Waals surface area contributed by atoms with Crippen LogP contribution in [0, 0.1) is 0 Å². The monoisotopic (exact) mass is 328 g/mol. The molecule has 0 fully saturated rings. The van der Waals surface area contributed by atoms with E-state index in [2.05, 4.69) is 28.4 Å². The van der Waals surface area contributed by atoms with Gasteiger partial charge in [0.05, 0.1) is 10.6 Å². The van der Waals surface area contributed by atoms with E-state index in [4.69, 9.17) is 0 Å². The highest BCUT2D eigenvalue weighted by Gasteiger charge is 2.25. The standard InChI is InChI=1S/C18H20N2O2S/c21-23(22)11-10-20(12-15-4-1-2-7-17(15)23)13-16-6-3-5-14-8-9-19-18(14)16/h1-7,19H,8-13H2. The highest BCUT2D eigenvalue weighted by Crippen LogP contribution is 2.29. The molecule has 120 valence electrons. The van der Waals surface area contributed by atoms with Crippen molar-refractivity contribution in [1.29, 1.82) is 0 Å². The first-order valence-corrected chi connectivity index (χ1v) is 9.66. The van der Waals surface area contributed by atoms with Gasteiger partial charge in [-0.1, -0.05) is 36.4 Å². The van der Waals surface area contributed by atoms with E-state index in [0.29, 0.717) is 18.0 Å².